The van der Waals surface area contributed by atoms with Gasteiger partial charge >= 0.3 is 0 Å². The summed E-state index contributed by atoms with van der Waals surface area (Å²) in [6.45, 7) is 14.3. The topological polar surface area (TPSA) is 35.2 Å². The quantitative estimate of drug-likeness (QED) is 0.414. The van der Waals surface area contributed by atoms with Gasteiger partial charge in [-0.1, -0.05) is 41.2 Å². The van der Waals surface area contributed by atoms with Crippen LogP contribution < -0.4 is 5.90 Å². The number of nitrogens with two attached hydrogens (primary N) is 1. The molecule has 2 heteroatoms. The van der Waals surface area contributed by atoms with Gasteiger partial charge in [-0.15, -0.1) is 0 Å². The van der Waals surface area contributed by atoms with Gasteiger partial charge in [-0.05, 0) is 17.6 Å². The van der Waals surface area contributed by atoms with Crippen molar-refractivity contribution in [3.05, 3.63) is 24.0 Å². The molecule has 0 unspecified atom stereocenters. The minimum absolute atomic E-state index is 0.0629. The summed E-state index contributed by atoms with van der Waals surface area (Å²) in [5, 5.41) is 0. The highest BCUT2D eigenvalue weighted by molar-refractivity contribution is 5.22. The fourth-order valence-electron chi connectivity index (χ4n) is 0.762. The summed E-state index contributed by atoms with van der Waals surface area (Å²) in [4.78, 5) is 4.84. The molecule has 0 aliphatic heterocycles. The number of hydrogen-bond donors (Lipinski definition) is 1. The van der Waals surface area contributed by atoms with E-state index in [0.29, 0.717) is 5.92 Å². The number of rotatable bonds is 3. The van der Waals surface area contributed by atoms with Gasteiger partial charge in [-0.3, -0.25) is 0 Å². The Labute approximate surface area is 81.4 Å². The molecule has 0 fully saturated rings. The van der Waals surface area contributed by atoms with Gasteiger partial charge in [0.25, 0.3) is 0 Å². The number of hydrogen-bond acceptors (Lipinski definition) is 2. The Morgan fingerprint density at radius 1 is 1.38 bits per heavy atom. The molecule has 0 aromatic carbocycles. The zero-order chi connectivity index (χ0) is 10.6. The fourth-order valence-corrected chi connectivity index (χ4v) is 0.762. The van der Waals surface area contributed by atoms with Gasteiger partial charge in [0.05, 0.1) is 0 Å². The van der Waals surface area contributed by atoms with Crippen molar-refractivity contribution in [3.8, 4) is 0 Å². The van der Waals surface area contributed by atoms with E-state index < -0.39 is 0 Å². The van der Waals surface area contributed by atoms with Gasteiger partial charge in [0, 0.05) is 5.41 Å². The normalized spacial score (nSPS) is 13.3. The molecule has 0 saturated heterocycles. The summed E-state index contributed by atoms with van der Waals surface area (Å²) in [5.41, 5.74) is 0.974. The second-order valence-electron chi connectivity index (χ2n) is 4.61. The average Bonchev–Trinajstić information content (AvgIpc) is 1.96. The van der Waals surface area contributed by atoms with Crippen LogP contribution in [0.15, 0.2) is 24.0 Å². The van der Waals surface area contributed by atoms with E-state index in [-0.39, 0.29) is 5.41 Å². The Kier molecular flexibility index (Phi) is 4.21. The standard InChI is InChI=1S/C11H21NO/c1-8(2)9(3)7-10(13-12)11(4,5)6/h7-8H,3,12H2,1-2,4-6H3/b10-7-. The summed E-state index contributed by atoms with van der Waals surface area (Å²) in [5.74, 6) is 6.39. The molecule has 0 amide bonds. The summed E-state index contributed by atoms with van der Waals surface area (Å²) < 4.78 is 0. The third-order valence-electron chi connectivity index (χ3n) is 1.92. The molecule has 0 atom stereocenters. The van der Waals surface area contributed by atoms with Gasteiger partial charge in [-0.2, -0.15) is 5.90 Å². The molecule has 0 heterocycles. The first kappa shape index (κ1) is 12.2. The fraction of sp³-hybridized carbons (Fsp3) is 0.636. The second-order valence-corrected chi connectivity index (χ2v) is 4.61. The monoisotopic (exact) mass is 183 g/mol. The Morgan fingerprint density at radius 3 is 2.08 bits per heavy atom. The third kappa shape index (κ3) is 4.13. The molecule has 0 aliphatic carbocycles. The van der Waals surface area contributed by atoms with E-state index in [4.69, 9.17) is 10.7 Å². The summed E-state index contributed by atoms with van der Waals surface area (Å²) in [6, 6.07) is 0. The van der Waals surface area contributed by atoms with E-state index in [1.54, 1.807) is 0 Å². The highest BCUT2D eigenvalue weighted by atomic mass is 16.6. The molecule has 2 nitrogen and oxygen atoms in total. The minimum atomic E-state index is -0.0629. The lowest BCUT2D eigenvalue weighted by atomic mass is 9.91. The van der Waals surface area contributed by atoms with Gasteiger partial charge in [0.15, 0.2) is 0 Å². The molecule has 0 aromatic heterocycles. The Bertz CT molecular complexity index is 209. The Hall–Kier alpha value is -0.760. The summed E-state index contributed by atoms with van der Waals surface area (Å²) in [7, 11) is 0. The van der Waals surface area contributed by atoms with Crippen molar-refractivity contribution in [2.45, 2.75) is 34.6 Å². The highest BCUT2D eigenvalue weighted by Gasteiger charge is 2.18. The zero-order valence-electron chi connectivity index (χ0n) is 9.35. The van der Waals surface area contributed by atoms with Crippen molar-refractivity contribution in [3.63, 3.8) is 0 Å². The molecule has 0 spiro atoms. The van der Waals surface area contributed by atoms with Gasteiger partial charge in [0.2, 0.25) is 0 Å². The van der Waals surface area contributed by atoms with Crippen molar-refractivity contribution in [1.82, 2.24) is 0 Å². The molecule has 0 aromatic rings. The van der Waals surface area contributed by atoms with E-state index in [0.717, 1.165) is 11.3 Å². The molecule has 0 rings (SSSR count). The molecule has 0 saturated carbocycles. The van der Waals surface area contributed by atoms with Crippen molar-refractivity contribution < 1.29 is 4.84 Å². The molecule has 13 heavy (non-hydrogen) atoms. The van der Waals surface area contributed by atoms with Crippen LogP contribution in [0.1, 0.15) is 34.6 Å². The Morgan fingerprint density at radius 2 is 1.85 bits per heavy atom. The SMILES string of the molecule is C=C(/C=C(\ON)C(C)(C)C)C(C)C. The van der Waals surface area contributed by atoms with Crippen LogP contribution in [0, 0.1) is 11.3 Å². The van der Waals surface area contributed by atoms with Crippen LogP contribution in [-0.2, 0) is 4.84 Å². The van der Waals surface area contributed by atoms with Gasteiger partial charge in [0.1, 0.15) is 5.76 Å². The first-order valence-electron chi connectivity index (χ1n) is 4.56. The molecule has 76 valence electrons. The van der Waals surface area contributed by atoms with Crippen LogP contribution in [0.3, 0.4) is 0 Å². The van der Waals surface area contributed by atoms with Crippen LogP contribution >= 0.6 is 0 Å². The van der Waals surface area contributed by atoms with Crippen LogP contribution in [0.25, 0.3) is 0 Å². The average molecular weight is 183 g/mol. The Balaban J connectivity index is 4.68. The molecule has 0 bridgehead atoms. The van der Waals surface area contributed by atoms with Gasteiger partial charge < -0.3 is 4.84 Å². The zero-order valence-corrected chi connectivity index (χ0v) is 9.35. The van der Waals surface area contributed by atoms with Crippen LogP contribution in [0.5, 0.6) is 0 Å². The van der Waals surface area contributed by atoms with E-state index in [9.17, 15) is 0 Å². The van der Waals surface area contributed by atoms with Crippen LogP contribution in [-0.4, -0.2) is 0 Å². The second kappa shape index (κ2) is 4.47. The molecule has 2 N–H and O–H groups in total. The van der Waals surface area contributed by atoms with E-state index in [1.807, 2.05) is 6.08 Å². The smallest absolute Gasteiger partial charge is 0.129 e. The largest absolute Gasteiger partial charge is 0.415 e. The minimum Gasteiger partial charge on any atom is -0.415 e. The maximum Gasteiger partial charge on any atom is 0.129 e. The molecule has 0 aliphatic rings. The van der Waals surface area contributed by atoms with E-state index in [2.05, 4.69) is 41.2 Å². The summed E-state index contributed by atoms with van der Waals surface area (Å²) in [6.07, 6.45) is 1.92. The first-order chi connectivity index (χ1) is 5.79. The van der Waals surface area contributed by atoms with Crippen molar-refractivity contribution in [1.29, 1.82) is 0 Å². The predicted octanol–water partition coefficient (Wildman–Crippen LogP) is 3.02. The lowest BCUT2D eigenvalue weighted by molar-refractivity contribution is 0.155. The predicted molar refractivity (Wildman–Crippen MR) is 56.8 cm³/mol. The maximum atomic E-state index is 5.20. The first-order valence-corrected chi connectivity index (χ1v) is 4.56. The van der Waals surface area contributed by atoms with Gasteiger partial charge in [-0.25, -0.2) is 0 Å². The number of allylic oxidation sites excluding steroid dienone is 3. The lowest BCUT2D eigenvalue weighted by Gasteiger charge is -2.21. The third-order valence-corrected chi connectivity index (χ3v) is 1.92. The summed E-state index contributed by atoms with van der Waals surface area (Å²) >= 11 is 0. The lowest BCUT2D eigenvalue weighted by Crippen LogP contribution is -2.16. The van der Waals surface area contributed by atoms with Crippen molar-refractivity contribution >= 4 is 0 Å². The molecule has 0 radical (unpaired) electrons. The van der Waals surface area contributed by atoms with Crippen LogP contribution in [0.4, 0.5) is 0 Å². The highest BCUT2D eigenvalue weighted by Crippen LogP contribution is 2.26. The maximum absolute atomic E-state index is 5.20. The molecular weight excluding hydrogens is 162 g/mol. The van der Waals surface area contributed by atoms with Crippen molar-refractivity contribution in [2.24, 2.45) is 17.2 Å². The molecular formula is C11H21NO. The van der Waals surface area contributed by atoms with E-state index >= 15 is 0 Å². The van der Waals surface area contributed by atoms with E-state index in [1.165, 1.54) is 0 Å². The van der Waals surface area contributed by atoms with Crippen LogP contribution in [0.2, 0.25) is 0 Å². The van der Waals surface area contributed by atoms with Crippen molar-refractivity contribution in [2.75, 3.05) is 0 Å².